The van der Waals surface area contributed by atoms with Gasteiger partial charge in [0.2, 0.25) is 0 Å². The lowest BCUT2D eigenvalue weighted by atomic mass is 10.0. The fourth-order valence-electron chi connectivity index (χ4n) is 1.78. The average molecular weight is 293 g/mol. The number of ether oxygens (including phenoxy) is 2. The van der Waals surface area contributed by atoms with Crippen LogP contribution in [0, 0.1) is 0 Å². The van der Waals surface area contributed by atoms with Crippen molar-refractivity contribution in [2.24, 2.45) is 0 Å². The first kappa shape index (κ1) is 17.0. The van der Waals surface area contributed by atoms with Crippen LogP contribution in [-0.2, 0) is 14.3 Å². The number of carbonyl (C=O) groups is 2. The largest absolute Gasteiger partial charge is 0.484 e. The standard InChI is InChI=1S/C16H23NO4/c1-5-17(10-16(19)20-4)15(18)11-21-14-8-6-13(7-9-14)12(2)3/h6-9,12H,5,10-11H2,1-4H3. The molecule has 1 aromatic rings. The summed E-state index contributed by atoms with van der Waals surface area (Å²) in [5.74, 6) is 0.417. The number of nitrogens with zero attached hydrogens (tertiary/aromatic N) is 1. The highest BCUT2D eigenvalue weighted by Crippen LogP contribution is 2.18. The highest BCUT2D eigenvalue weighted by Gasteiger charge is 2.16. The molecule has 0 bridgehead atoms. The molecule has 5 nitrogen and oxygen atoms in total. The van der Waals surface area contributed by atoms with Crippen LogP contribution in [0.15, 0.2) is 24.3 Å². The molecular weight excluding hydrogens is 270 g/mol. The molecule has 0 atom stereocenters. The number of hydrogen-bond donors (Lipinski definition) is 0. The summed E-state index contributed by atoms with van der Waals surface area (Å²) in [7, 11) is 1.30. The summed E-state index contributed by atoms with van der Waals surface area (Å²) in [6.45, 7) is 6.33. The van der Waals surface area contributed by atoms with Gasteiger partial charge in [-0.3, -0.25) is 9.59 Å². The fourth-order valence-corrected chi connectivity index (χ4v) is 1.78. The van der Waals surface area contributed by atoms with Gasteiger partial charge in [-0.2, -0.15) is 0 Å². The summed E-state index contributed by atoms with van der Waals surface area (Å²) >= 11 is 0. The number of benzene rings is 1. The summed E-state index contributed by atoms with van der Waals surface area (Å²) in [5.41, 5.74) is 1.22. The van der Waals surface area contributed by atoms with Crippen molar-refractivity contribution in [3.05, 3.63) is 29.8 Å². The van der Waals surface area contributed by atoms with Gasteiger partial charge in [-0.15, -0.1) is 0 Å². The smallest absolute Gasteiger partial charge is 0.325 e. The highest BCUT2D eigenvalue weighted by molar-refractivity contribution is 5.83. The molecule has 0 heterocycles. The minimum atomic E-state index is -0.438. The van der Waals surface area contributed by atoms with Gasteiger partial charge >= 0.3 is 5.97 Å². The van der Waals surface area contributed by atoms with Crippen LogP contribution in [0.4, 0.5) is 0 Å². The summed E-state index contributed by atoms with van der Waals surface area (Å²) in [6.07, 6.45) is 0. The fraction of sp³-hybridized carbons (Fsp3) is 0.500. The van der Waals surface area contributed by atoms with Gasteiger partial charge in [-0.05, 0) is 30.5 Å². The molecule has 1 aromatic carbocycles. The zero-order valence-electron chi connectivity index (χ0n) is 13.1. The maximum atomic E-state index is 12.0. The molecular formula is C16H23NO4. The Hall–Kier alpha value is -2.04. The molecule has 0 fully saturated rings. The third-order valence-electron chi connectivity index (χ3n) is 3.19. The van der Waals surface area contributed by atoms with Gasteiger partial charge < -0.3 is 14.4 Å². The molecule has 0 saturated carbocycles. The van der Waals surface area contributed by atoms with E-state index in [0.717, 1.165) is 0 Å². The molecule has 0 aromatic heterocycles. The van der Waals surface area contributed by atoms with Gasteiger partial charge in [0.15, 0.2) is 6.61 Å². The van der Waals surface area contributed by atoms with Gasteiger partial charge in [-0.1, -0.05) is 26.0 Å². The Morgan fingerprint density at radius 3 is 2.29 bits per heavy atom. The van der Waals surface area contributed by atoms with E-state index in [4.69, 9.17) is 4.74 Å². The van der Waals surface area contributed by atoms with Crippen molar-refractivity contribution in [3.63, 3.8) is 0 Å². The minimum absolute atomic E-state index is 0.0541. The maximum absolute atomic E-state index is 12.0. The predicted octanol–water partition coefficient (Wildman–Crippen LogP) is 2.21. The molecule has 0 saturated heterocycles. The number of hydrogen-bond acceptors (Lipinski definition) is 4. The van der Waals surface area contributed by atoms with E-state index in [-0.39, 0.29) is 19.1 Å². The third kappa shape index (κ3) is 5.45. The first-order valence-corrected chi connectivity index (χ1v) is 7.05. The normalized spacial score (nSPS) is 10.3. The van der Waals surface area contributed by atoms with Crippen molar-refractivity contribution in [2.75, 3.05) is 26.8 Å². The van der Waals surface area contributed by atoms with E-state index in [0.29, 0.717) is 18.2 Å². The maximum Gasteiger partial charge on any atom is 0.325 e. The average Bonchev–Trinajstić information content (AvgIpc) is 2.50. The Labute approximate surface area is 125 Å². The number of likely N-dealkylation sites (N-methyl/N-ethyl adjacent to an activating group) is 1. The molecule has 0 N–H and O–H groups in total. The van der Waals surface area contributed by atoms with Gasteiger partial charge in [0.1, 0.15) is 12.3 Å². The molecule has 0 radical (unpaired) electrons. The Bertz CT molecular complexity index is 468. The van der Waals surface area contributed by atoms with E-state index < -0.39 is 5.97 Å². The van der Waals surface area contributed by atoms with Crippen molar-refractivity contribution in [1.82, 2.24) is 4.90 Å². The zero-order chi connectivity index (χ0) is 15.8. The minimum Gasteiger partial charge on any atom is -0.484 e. The molecule has 21 heavy (non-hydrogen) atoms. The summed E-state index contributed by atoms with van der Waals surface area (Å²) in [5, 5.41) is 0. The predicted molar refractivity (Wildman–Crippen MR) is 80.3 cm³/mol. The van der Waals surface area contributed by atoms with Crippen LogP contribution >= 0.6 is 0 Å². The molecule has 1 amide bonds. The van der Waals surface area contributed by atoms with Crippen LogP contribution in [0.5, 0.6) is 5.75 Å². The molecule has 0 aliphatic rings. The topological polar surface area (TPSA) is 55.8 Å². The molecule has 1 rings (SSSR count). The lowest BCUT2D eigenvalue weighted by molar-refractivity contribution is -0.147. The quantitative estimate of drug-likeness (QED) is 0.723. The zero-order valence-corrected chi connectivity index (χ0v) is 13.1. The Balaban J connectivity index is 2.52. The van der Waals surface area contributed by atoms with Crippen molar-refractivity contribution in [2.45, 2.75) is 26.7 Å². The van der Waals surface area contributed by atoms with Gasteiger partial charge in [0.05, 0.1) is 7.11 Å². The summed E-state index contributed by atoms with van der Waals surface area (Å²) in [6, 6.07) is 7.66. The number of rotatable bonds is 7. The Morgan fingerprint density at radius 2 is 1.81 bits per heavy atom. The SMILES string of the molecule is CCN(CC(=O)OC)C(=O)COc1ccc(C(C)C)cc1. The number of amides is 1. The van der Waals surface area contributed by atoms with Crippen LogP contribution in [0.25, 0.3) is 0 Å². The first-order chi connectivity index (χ1) is 9.97. The van der Waals surface area contributed by atoms with E-state index in [9.17, 15) is 9.59 Å². The van der Waals surface area contributed by atoms with E-state index in [1.807, 2.05) is 24.3 Å². The Morgan fingerprint density at radius 1 is 1.19 bits per heavy atom. The summed E-state index contributed by atoms with van der Waals surface area (Å²) in [4.78, 5) is 24.6. The molecule has 0 unspecified atom stereocenters. The van der Waals surface area contributed by atoms with Gasteiger partial charge in [0.25, 0.3) is 5.91 Å². The van der Waals surface area contributed by atoms with Crippen LogP contribution in [0.1, 0.15) is 32.3 Å². The second kappa shape index (κ2) is 8.29. The second-order valence-electron chi connectivity index (χ2n) is 5.00. The van der Waals surface area contributed by atoms with E-state index in [1.54, 1.807) is 6.92 Å². The molecule has 0 spiro atoms. The van der Waals surface area contributed by atoms with Crippen LogP contribution < -0.4 is 4.74 Å². The molecule has 5 heteroatoms. The van der Waals surface area contributed by atoms with E-state index in [2.05, 4.69) is 18.6 Å². The molecule has 116 valence electrons. The van der Waals surface area contributed by atoms with E-state index >= 15 is 0 Å². The Kier molecular flexibility index (Phi) is 6.72. The lowest BCUT2D eigenvalue weighted by Gasteiger charge is -2.19. The van der Waals surface area contributed by atoms with Crippen LogP contribution in [-0.4, -0.2) is 43.6 Å². The lowest BCUT2D eigenvalue weighted by Crippen LogP contribution is -2.38. The number of esters is 1. The van der Waals surface area contributed by atoms with Gasteiger partial charge in [0, 0.05) is 6.54 Å². The molecule has 0 aliphatic heterocycles. The number of methoxy groups -OCH3 is 1. The van der Waals surface area contributed by atoms with Crippen molar-refractivity contribution >= 4 is 11.9 Å². The van der Waals surface area contributed by atoms with Crippen LogP contribution in [0.2, 0.25) is 0 Å². The number of carbonyl (C=O) groups excluding carboxylic acids is 2. The van der Waals surface area contributed by atoms with Crippen molar-refractivity contribution in [1.29, 1.82) is 0 Å². The summed E-state index contributed by atoms with van der Waals surface area (Å²) < 4.78 is 10.0. The van der Waals surface area contributed by atoms with E-state index in [1.165, 1.54) is 17.6 Å². The third-order valence-corrected chi connectivity index (χ3v) is 3.19. The van der Waals surface area contributed by atoms with Gasteiger partial charge in [-0.25, -0.2) is 0 Å². The van der Waals surface area contributed by atoms with Crippen molar-refractivity contribution < 1.29 is 19.1 Å². The monoisotopic (exact) mass is 293 g/mol. The van der Waals surface area contributed by atoms with Crippen LogP contribution in [0.3, 0.4) is 0 Å². The first-order valence-electron chi connectivity index (χ1n) is 7.05. The molecule has 0 aliphatic carbocycles. The van der Waals surface area contributed by atoms with Crippen molar-refractivity contribution in [3.8, 4) is 5.75 Å². The second-order valence-corrected chi connectivity index (χ2v) is 5.00. The highest BCUT2D eigenvalue weighted by atomic mass is 16.5.